The molecule has 1 radical (unpaired) electrons. The summed E-state index contributed by atoms with van der Waals surface area (Å²) in [6.45, 7) is 0. The van der Waals surface area contributed by atoms with Crippen LogP contribution in [0.25, 0.3) is 0 Å². The van der Waals surface area contributed by atoms with Crippen molar-refractivity contribution in [3.63, 3.8) is 0 Å². The van der Waals surface area contributed by atoms with Crippen molar-refractivity contribution in [3.8, 4) is 0 Å². The van der Waals surface area contributed by atoms with E-state index in [-0.39, 0.29) is 99.7 Å². The van der Waals surface area contributed by atoms with Crippen LogP contribution in [-0.4, -0.2) is 0 Å². The largest absolute Gasteiger partial charge is 3.00 e. The van der Waals surface area contributed by atoms with E-state index >= 15 is 0 Å². The van der Waals surface area contributed by atoms with Gasteiger partial charge in [-0.1, -0.05) is 0 Å². The Balaban J connectivity index is 0. The first kappa shape index (κ1) is 67.5. The van der Waals surface area contributed by atoms with Crippen LogP contribution < -0.4 is 49.6 Å². The fourth-order valence-corrected chi connectivity index (χ4v) is 0. The molecule has 0 fully saturated rings. The summed E-state index contributed by atoms with van der Waals surface area (Å²) in [4.78, 5) is 0. The number of hydrogen-bond acceptors (Lipinski definition) is 0. The number of hydrogen-bond donors (Lipinski definition) is 0. The van der Waals surface area contributed by atoms with Gasteiger partial charge in [0.25, 0.3) is 0 Å². The molecule has 0 aliphatic rings. The second-order valence-electron chi connectivity index (χ2n) is 0. The summed E-state index contributed by atoms with van der Waals surface area (Å²) in [5.41, 5.74) is 0. The second kappa shape index (κ2) is 45.5. The van der Waals surface area contributed by atoms with Crippen LogP contribution in [0, 0.1) is 0 Å². The fraction of sp³-hybridized carbons (Fsp3) is 0. The van der Waals surface area contributed by atoms with Crippen molar-refractivity contribution in [2.75, 3.05) is 0 Å². The fourth-order valence-electron chi connectivity index (χ4n) is 0. The molecule has 0 aliphatic carbocycles. The van der Waals surface area contributed by atoms with Crippen LogP contribution in [0.15, 0.2) is 0 Å². The molecule has 0 rings (SSSR count). The Morgan fingerprint density at radius 1 is 0.500 bits per heavy atom. The minimum atomic E-state index is 0. The van der Waals surface area contributed by atoms with Crippen molar-refractivity contribution in [1.29, 1.82) is 0 Å². The first-order chi connectivity index (χ1) is 0. The maximum Gasteiger partial charge on any atom is 3.00 e. The topological polar surface area (TPSA) is 0 Å². The molecule has 0 saturated heterocycles. The zero-order valence-electron chi connectivity index (χ0n) is 2.52. The summed E-state index contributed by atoms with van der Waals surface area (Å²) in [6, 6.07) is 0. The Labute approximate surface area is 98.2 Å². The number of rotatable bonds is 0. The normalized spacial score (nSPS) is 0. The maximum absolute atomic E-state index is 0. The van der Waals surface area contributed by atoms with Gasteiger partial charge in [0.05, 0.1) is 0 Å². The molecule has 0 aromatic rings. The van der Waals surface area contributed by atoms with E-state index in [2.05, 4.69) is 0 Å². The molecule has 0 aromatic carbocycles. The Kier molecular flexibility index (Phi) is 512. The molecule has 0 bridgehead atoms. The maximum atomic E-state index is 0. The van der Waals surface area contributed by atoms with Crippen LogP contribution in [0.4, 0.5) is 0 Å². The molecular weight excluding hydrogens is 539 g/mol. The zero-order chi connectivity index (χ0) is 0. The van der Waals surface area contributed by atoms with Crippen LogP contribution in [0.1, 0.15) is 0 Å². The van der Waals surface area contributed by atoms with Gasteiger partial charge in [-0.25, -0.2) is 0 Å². The quantitative estimate of drug-likeness (QED) is 0.269. The van der Waals surface area contributed by atoms with Crippen LogP contribution in [0.3, 0.4) is 0 Å². The van der Waals surface area contributed by atoms with Gasteiger partial charge in [0.15, 0.2) is 0 Å². The predicted molar refractivity (Wildman–Crippen MR) is 0 cm³/mol. The van der Waals surface area contributed by atoms with Gasteiger partial charge >= 0.3 is 50.0 Å². The minimum absolute atomic E-state index is 0. The molecule has 0 spiro atoms. The summed E-state index contributed by atoms with van der Waals surface area (Å²) in [5, 5.41) is 0. The molecule has 0 N–H and O–H groups in total. The van der Waals surface area contributed by atoms with Gasteiger partial charge in [-0.15, -0.1) is 0 Å². The van der Waals surface area contributed by atoms with Crippen LogP contribution >= 0.6 is 0 Å². The third-order valence-corrected chi connectivity index (χ3v) is 0. The molecule has 6 heteroatoms. The van der Waals surface area contributed by atoms with Gasteiger partial charge in [-0.2, -0.15) is 0 Å². The Bertz CT molecular complexity index is 7.51. The van der Waals surface area contributed by atoms with Gasteiger partial charge in [-0.05, 0) is 0 Å². The molecule has 6 heavy (non-hydrogen) atoms. The van der Waals surface area contributed by atoms with Gasteiger partial charge in [0, 0.05) is 0 Å². The molecule has 0 aromatic heterocycles. The standard InChI is InChI=1S/Au.4ClH.Hg/h;4*1H;/q+3;;;;;+1/p-4. The van der Waals surface area contributed by atoms with Crippen molar-refractivity contribution >= 4 is 0 Å². The van der Waals surface area contributed by atoms with Crippen molar-refractivity contribution in [3.05, 3.63) is 0 Å². The molecule has 0 atom stereocenters. The van der Waals surface area contributed by atoms with Crippen molar-refractivity contribution in [2.24, 2.45) is 0 Å². The van der Waals surface area contributed by atoms with E-state index < -0.39 is 0 Å². The third-order valence-electron chi connectivity index (χ3n) is 0. The van der Waals surface area contributed by atoms with Crippen LogP contribution in [0.5, 0.6) is 0 Å². The monoisotopic (exact) mass is 539 g/mol. The van der Waals surface area contributed by atoms with E-state index in [1.165, 1.54) is 0 Å². The van der Waals surface area contributed by atoms with Gasteiger partial charge < -0.3 is 49.6 Å². The molecule has 0 nitrogen and oxygen atoms in total. The first-order valence-electron chi connectivity index (χ1n) is 0. The SMILES string of the molecule is [Au+3].[Cl-].[Cl-].[Cl-].[Cl-].[Hg+]. The summed E-state index contributed by atoms with van der Waals surface area (Å²) in [6.07, 6.45) is 0. The summed E-state index contributed by atoms with van der Waals surface area (Å²) in [5.74, 6) is 0. The van der Waals surface area contributed by atoms with Gasteiger partial charge in [0.1, 0.15) is 0 Å². The van der Waals surface area contributed by atoms with E-state index in [0.717, 1.165) is 0 Å². The Morgan fingerprint density at radius 2 is 0.500 bits per heavy atom. The van der Waals surface area contributed by atoms with Gasteiger partial charge in [-0.3, -0.25) is 0 Å². The smallest absolute Gasteiger partial charge is 1.00 e. The summed E-state index contributed by atoms with van der Waals surface area (Å²) in [7, 11) is 0. The minimum Gasteiger partial charge on any atom is -1.00 e. The molecule has 0 unspecified atom stereocenters. The van der Waals surface area contributed by atoms with E-state index in [9.17, 15) is 0 Å². The van der Waals surface area contributed by atoms with Crippen LogP contribution in [-0.2, 0) is 50.0 Å². The van der Waals surface area contributed by atoms with Crippen molar-refractivity contribution in [1.82, 2.24) is 0 Å². The third kappa shape index (κ3) is 29.0. The molecule has 0 heterocycles. The zero-order valence-corrected chi connectivity index (χ0v) is 13.2. The van der Waals surface area contributed by atoms with E-state index in [4.69, 9.17) is 0 Å². The first-order valence-corrected chi connectivity index (χ1v) is 0. The Morgan fingerprint density at radius 3 is 0.500 bits per heavy atom. The Hall–Kier alpha value is 2.84. The van der Waals surface area contributed by atoms with Crippen molar-refractivity contribution < 1.29 is 99.7 Å². The molecule has 0 saturated carbocycles. The predicted octanol–water partition coefficient (Wildman–Crippen LogP) is -12.0. The van der Waals surface area contributed by atoms with Gasteiger partial charge in [0.2, 0.25) is 0 Å². The van der Waals surface area contributed by atoms with E-state index in [1.807, 2.05) is 0 Å². The summed E-state index contributed by atoms with van der Waals surface area (Å²) < 4.78 is 0. The number of halogens is 4. The summed E-state index contributed by atoms with van der Waals surface area (Å²) >= 11 is 0. The molecule has 0 amide bonds. The average molecular weight is 539 g/mol. The average Bonchev–Trinajstić information content (AvgIpc) is 0. The second-order valence-corrected chi connectivity index (χ2v) is 0. The van der Waals surface area contributed by atoms with E-state index in [0.29, 0.717) is 0 Å². The molecule has 0 aliphatic heterocycles. The molecular formula is AuCl4Hg. The van der Waals surface area contributed by atoms with Crippen molar-refractivity contribution in [2.45, 2.75) is 0 Å². The molecule has 41 valence electrons. The van der Waals surface area contributed by atoms with Crippen LogP contribution in [0.2, 0.25) is 0 Å². The van der Waals surface area contributed by atoms with E-state index in [1.54, 1.807) is 0 Å².